The molecule has 0 bridgehead atoms. The van der Waals surface area contributed by atoms with Gasteiger partial charge in [-0.3, -0.25) is 4.79 Å². The van der Waals surface area contributed by atoms with Crippen LogP contribution in [0.1, 0.15) is 47.1 Å². The van der Waals surface area contributed by atoms with Crippen LogP contribution in [-0.2, 0) is 6.54 Å². The molecule has 2 N–H and O–H groups in total. The van der Waals surface area contributed by atoms with Crippen molar-refractivity contribution in [2.75, 3.05) is 19.8 Å². The first-order chi connectivity index (χ1) is 13.5. The van der Waals surface area contributed by atoms with E-state index in [-0.39, 0.29) is 18.0 Å². The number of amides is 1. The highest BCUT2D eigenvalue weighted by Gasteiger charge is 2.18. The monoisotopic (exact) mass is 387 g/mol. The largest absolute Gasteiger partial charge is 0.490 e. The van der Waals surface area contributed by atoms with Gasteiger partial charge >= 0.3 is 5.97 Å². The highest BCUT2D eigenvalue weighted by Crippen LogP contribution is 2.39. The summed E-state index contributed by atoms with van der Waals surface area (Å²) in [5.74, 6) is 0.00615. The first-order valence-corrected chi connectivity index (χ1v) is 9.16. The van der Waals surface area contributed by atoms with Gasteiger partial charge in [0.05, 0.1) is 25.4 Å². The van der Waals surface area contributed by atoms with Crippen molar-refractivity contribution in [1.29, 1.82) is 0 Å². The lowest BCUT2D eigenvalue weighted by Gasteiger charge is -2.17. The van der Waals surface area contributed by atoms with E-state index in [9.17, 15) is 9.59 Å². The molecule has 0 unspecified atom stereocenters. The Kier molecular flexibility index (Phi) is 7.68. The van der Waals surface area contributed by atoms with Crippen LogP contribution in [-0.4, -0.2) is 36.8 Å². The molecule has 0 aliphatic rings. The van der Waals surface area contributed by atoms with E-state index in [1.165, 1.54) is 12.1 Å². The third kappa shape index (κ3) is 5.39. The minimum absolute atomic E-state index is 0.171. The number of rotatable bonds is 10. The second kappa shape index (κ2) is 10.2. The zero-order valence-corrected chi connectivity index (χ0v) is 16.3. The van der Waals surface area contributed by atoms with Gasteiger partial charge in [-0.05, 0) is 50.6 Å². The van der Waals surface area contributed by atoms with Gasteiger partial charge < -0.3 is 24.6 Å². The summed E-state index contributed by atoms with van der Waals surface area (Å²) in [5.41, 5.74) is 1.23. The van der Waals surface area contributed by atoms with E-state index < -0.39 is 5.97 Å². The van der Waals surface area contributed by atoms with Gasteiger partial charge in [-0.2, -0.15) is 0 Å². The fourth-order valence-electron chi connectivity index (χ4n) is 2.62. The summed E-state index contributed by atoms with van der Waals surface area (Å²) in [6.07, 6.45) is 0. The third-order valence-corrected chi connectivity index (χ3v) is 3.80. The third-order valence-electron chi connectivity index (χ3n) is 3.80. The summed E-state index contributed by atoms with van der Waals surface area (Å²) in [4.78, 5) is 23.7. The first kappa shape index (κ1) is 21.1. The van der Waals surface area contributed by atoms with Gasteiger partial charge in [0.1, 0.15) is 0 Å². The molecular formula is C21H25NO6. The van der Waals surface area contributed by atoms with E-state index in [0.717, 1.165) is 0 Å². The van der Waals surface area contributed by atoms with Crippen LogP contribution in [0.2, 0.25) is 0 Å². The zero-order valence-electron chi connectivity index (χ0n) is 16.3. The Bertz CT molecular complexity index is 806. The Morgan fingerprint density at radius 3 is 2.04 bits per heavy atom. The standard InChI is InChI=1S/C21H25NO6/c1-4-26-17-11-16(12-18(27-5-2)19(17)28-6-3)20(23)22-13-14-8-7-9-15(10-14)21(24)25/h7-12H,4-6,13H2,1-3H3,(H,22,23)(H,24,25). The Balaban J connectivity index is 2.24. The quantitative estimate of drug-likeness (QED) is 0.648. The van der Waals surface area contributed by atoms with Crippen LogP contribution >= 0.6 is 0 Å². The van der Waals surface area contributed by atoms with Gasteiger partial charge in [0.25, 0.3) is 5.91 Å². The average molecular weight is 387 g/mol. The van der Waals surface area contributed by atoms with Crippen molar-refractivity contribution in [3.63, 3.8) is 0 Å². The van der Waals surface area contributed by atoms with Gasteiger partial charge in [-0.15, -0.1) is 0 Å². The van der Waals surface area contributed by atoms with E-state index in [2.05, 4.69) is 5.32 Å². The fraction of sp³-hybridized carbons (Fsp3) is 0.333. The van der Waals surface area contributed by atoms with E-state index in [1.54, 1.807) is 24.3 Å². The molecule has 0 saturated heterocycles. The minimum atomic E-state index is -1.01. The minimum Gasteiger partial charge on any atom is -0.490 e. The summed E-state index contributed by atoms with van der Waals surface area (Å²) in [6.45, 7) is 7.01. The molecule has 7 heteroatoms. The first-order valence-electron chi connectivity index (χ1n) is 9.16. The number of carboxylic acid groups (broad SMARTS) is 1. The Morgan fingerprint density at radius 1 is 0.893 bits per heavy atom. The number of nitrogens with one attached hydrogen (secondary N) is 1. The van der Waals surface area contributed by atoms with Crippen molar-refractivity contribution in [3.8, 4) is 17.2 Å². The molecule has 0 heterocycles. The molecule has 2 aromatic rings. The summed E-state index contributed by atoms with van der Waals surface area (Å²) >= 11 is 0. The molecule has 0 atom stereocenters. The summed E-state index contributed by atoms with van der Waals surface area (Å²) < 4.78 is 16.9. The van der Waals surface area contributed by atoms with Crippen molar-refractivity contribution in [3.05, 3.63) is 53.1 Å². The van der Waals surface area contributed by atoms with Crippen LogP contribution < -0.4 is 19.5 Å². The number of carbonyl (C=O) groups is 2. The van der Waals surface area contributed by atoms with Crippen molar-refractivity contribution in [2.24, 2.45) is 0 Å². The molecule has 7 nitrogen and oxygen atoms in total. The lowest BCUT2D eigenvalue weighted by Crippen LogP contribution is -2.23. The molecule has 0 aliphatic carbocycles. The summed E-state index contributed by atoms with van der Waals surface area (Å²) in [6, 6.07) is 9.64. The van der Waals surface area contributed by atoms with Crippen LogP contribution in [0.15, 0.2) is 36.4 Å². The molecule has 2 rings (SSSR count). The molecule has 150 valence electrons. The normalized spacial score (nSPS) is 10.2. The van der Waals surface area contributed by atoms with E-state index in [0.29, 0.717) is 48.2 Å². The van der Waals surface area contributed by atoms with Gasteiger partial charge in [0, 0.05) is 12.1 Å². The van der Waals surface area contributed by atoms with Crippen LogP contribution in [0, 0.1) is 0 Å². The summed E-state index contributed by atoms with van der Waals surface area (Å²) in [7, 11) is 0. The molecule has 28 heavy (non-hydrogen) atoms. The highest BCUT2D eigenvalue weighted by molar-refractivity contribution is 5.95. The molecule has 0 spiro atoms. The number of benzene rings is 2. The van der Waals surface area contributed by atoms with Crippen LogP contribution in [0.5, 0.6) is 17.2 Å². The number of aromatic carboxylic acids is 1. The predicted octanol–water partition coefficient (Wildman–Crippen LogP) is 3.51. The van der Waals surface area contributed by atoms with Crippen LogP contribution in [0.4, 0.5) is 0 Å². The van der Waals surface area contributed by atoms with Gasteiger partial charge in [-0.25, -0.2) is 4.79 Å². The molecule has 0 fully saturated rings. The van der Waals surface area contributed by atoms with Crippen molar-refractivity contribution >= 4 is 11.9 Å². The number of ether oxygens (including phenoxy) is 3. The predicted molar refractivity (Wildman–Crippen MR) is 105 cm³/mol. The van der Waals surface area contributed by atoms with E-state index in [4.69, 9.17) is 19.3 Å². The topological polar surface area (TPSA) is 94.1 Å². The van der Waals surface area contributed by atoms with Crippen molar-refractivity contribution in [2.45, 2.75) is 27.3 Å². The average Bonchev–Trinajstić information content (AvgIpc) is 2.69. The van der Waals surface area contributed by atoms with Crippen LogP contribution in [0.25, 0.3) is 0 Å². The smallest absolute Gasteiger partial charge is 0.335 e. The number of carboxylic acids is 1. The molecule has 0 aliphatic heterocycles. The van der Waals surface area contributed by atoms with Crippen LogP contribution in [0.3, 0.4) is 0 Å². The maximum Gasteiger partial charge on any atom is 0.335 e. The second-order valence-corrected chi connectivity index (χ2v) is 5.79. The highest BCUT2D eigenvalue weighted by atomic mass is 16.5. The maximum absolute atomic E-state index is 12.6. The Morgan fingerprint density at radius 2 is 1.50 bits per heavy atom. The Labute approximate surface area is 164 Å². The van der Waals surface area contributed by atoms with Gasteiger partial charge in [0.2, 0.25) is 5.75 Å². The van der Waals surface area contributed by atoms with E-state index in [1.807, 2.05) is 20.8 Å². The molecule has 0 aromatic heterocycles. The number of hydrogen-bond acceptors (Lipinski definition) is 5. The molecule has 2 aromatic carbocycles. The number of carbonyl (C=O) groups excluding carboxylic acids is 1. The Hall–Kier alpha value is -3.22. The maximum atomic E-state index is 12.6. The molecule has 0 radical (unpaired) electrons. The summed E-state index contributed by atoms with van der Waals surface area (Å²) in [5, 5.41) is 11.9. The van der Waals surface area contributed by atoms with Crippen molar-refractivity contribution in [1.82, 2.24) is 5.32 Å². The fourth-order valence-corrected chi connectivity index (χ4v) is 2.62. The van der Waals surface area contributed by atoms with E-state index >= 15 is 0 Å². The molecule has 1 amide bonds. The zero-order chi connectivity index (χ0) is 20.5. The molecule has 0 saturated carbocycles. The van der Waals surface area contributed by atoms with Gasteiger partial charge in [-0.1, -0.05) is 12.1 Å². The second-order valence-electron chi connectivity index (χ2n) is 5.79. The van der Waals surface area contributed by atoms with Crippen molar-refractivity contribution < 1.29 is 28.9 Å². The van der Waals surface area contributed by atoms with Gasteiger partial charge in [0.15, 0.2) is 11.5 Å². The SMILES string of the molecule is CCOc1cc(C(=O)NCc2cccc(C(=O)O)c2)cc(OCC)c1OCC. The molecular weight excluding hydrogens is 362 g/mol. The number of hydrogen-bond donors (Lipinski definition) is 2. The lowest BCUT2D eigenvalue weighted by molar-refractivity contribution is 0.0696. The lowest BCUT2D eigenvalue weighted by atomic mass is 10.1.